The third-order valence-corrected chi connectivity index (χ3v) is 3.67. The van der Waals surface area contributed by atoms with Gasteiger partial charge in [0.15, 0.2) is 5.75 Å². The number of benzene rings is 2. The van der Waals surface area contributed by atoms with Crippen molar-refractivity contribution in [3.8, 4) is 5.75 Å². The maximum absolute atomic E-state index is 12.2. The van der Waals surface area contributed by atoms with Crippen LogP contribution < -0.4 is 4.18 Å². The molecule has 0 aliphatic rings. The molecule has 0 unspecified atom stereocenters. The molecule has 2 aromatic rings. The van der Waals surface area contributed by atoms with Gasteiger partial charge in [-0.2, -0.15) is 21.6 Å². The third kappa shape index (κ3) is 2.62. The highest BCUT2D eigenvalue weighted by Crippen LogP contribution is 2.35. The van der Waals surface area contributed by atoms with Crippen molar-refractivity contribution < 1.29 is 25.8 Å². The lowest BCUT2D eigenvalue weighted by Gasteiger charge is -2.11. The molecule has 0 radical (unpaired) electrons. The molecule has 2 rings (SSSR count). The first-order valence-corrected chi connectivity index (χ1v) is 6.69. The molecule has 0 N–H and O–H groups in total. The lowest BCUT2D eigenvalue weighted by Crippen LogP contribution is -2.28. The molecule has 0 bridgehead atoms. The average Bonchev–Trinajstić information content (AvgIpc) is 2.31. The first kappa shape index (κ1) is 14.0. The van der Waals surface area contributed by atoms with Crippen molar-refractivity contribution in [3.05, 3.63) is 41.4 Å². The van der Waals surface area contributed by atoms with Crippen molar-refractivity contribution in [2.75, 3.05) is 0 Å². The molecule has 2 aromatic carbocycles. The second-order valence-corrected chi connectivity index (χ2v) is 5.50. The topological polar surface area (TPSA) is 43.4 Å². The molecule has 19 heavy (non-hydrogen) atoms. The van der Waals surface area contributed by atoms with Gasteiger partial charge in [0.05, 0.1) is 5.02 Å². The maximum Gasteiger partial charge on any atom is 0.534 e. The Morgan fingerprint density at radius 3 is 2.32 bits per heavy atom. The number of halogens is 4. The van der Waals surface area contributed by atoms with Crippen LogP contribution in [0.3, 0.4) is 0 Å². The molecular weight excluding hydrogens is 305 g/mol. The Labute approximate surface area is 111 Å². The van der Waals surface area contributed by atoms with Crippen LogP contribution in [-0.4, -0.2) is 13.9 Å². The van der Waals surface area contributed by atoms with Crippen LogP contribution >= 0.6 is 11.6 Å². The molecule has 0 saturated carbocycles. The summed E-state index contributed by atoms with van der Waals surface area (Å²) in [7, 11) is -5.73. The van der Waals surface area contributed by atoms with Gasteiger partial charge in [-0.3, -0.25) is 0 Å². The van der Waals surface area contributed by atoms with Crippen LogP contribution in [0.5, 0.6) is 5.75 Å². The van der Waals surface area contributed by atoms with Gasteiger partial charge in [-0.1, -0.05) is 41.9 Å². The second-order valence-electron chi connectivity index (χ2n) is 3.58. The van der Waals surface area contributed by atoms with E-state index in [9.17, 15) is 21.6 Å². The van der Waals surface area contributed by atoms with Crippen molar-refractivity contribution >= 4 is 32.5 Å². The summed E-state index contributed by atoms with van der Waals surface area (Å²) in [5, 5.41) is 0.870. The SMILES string of the molecule is O=S(=O)(Oc1ccc2ccccc2c1Cl)C(F)(F)F. The van der Waals surface area contributed by atoms with E-state index in [4.69, 9.17) is 11.6 Å². The van der Waals surface area contributed by atoms with Crippen LogP contribution in [0.1, 0.15) is 0 Å². The summed E-state index contributed by atoms with van der Waals surface area (Å²) in [5.41, 5.74) is -5.50. The highest BCUT2D eigenvalue weighted by atomic mass is 35.5. The van der Waals surface area contributed by atoms with Crippen LogP contribution in [0.25, 0.3) is 10.8 Å². The van der Waals surface area contributed by atoms with Crippen LogP contribution in [0.15, 0.2) is 36.4 Å². The minimum atomic E-state index is -5.73. The molecule has 0 aliphatic carbocycles. The van der Waals surface area contributed by atoms with E-state index in [-0.39, 0.29) is 5.02 Å². The van der Waals surface area contributed by atoms with E-state index in [2.05, 4.69) is 4.18 Å². The molecule has 0 spiro atoms. The highest BCUT2D eigenvalue weighted by Gasteiger charge is 2.48. The van der Waals surface area contributed by atoms with Crippen LogP contribution in [0, 0.1) is 0 Å². The van der Waals surface area contributed by atoms with Gasteiger partial charge in [0.1, 0.15) is 0 Å². The number of rotatable bonds is 2. The molecule has 0 aliphatic heterocycles. The van der Waals surface area contributed by atoms with Crippen molar-refractivity contribution in [2.45, 2.75) is 5.51 Å². The summed E-state index contributed by atoms with van der Waals surface area (Å²) in [4.78, 5) is 0. The Morgan fingerprint density at radius 1 is 1.05 bits per heavy atom. The third-order valence-electron chi connectivity index (χ3n) is 2.31. The summed E-state index contributed by atoms with van der Waals surface area (Å²) < 4.78 is 62.5. The normalized spacial score (nSPS) is 12.6. The van der Waals surface area contributed by atoms with Crippen LogP contribution in [-0.2, 0) is 10.1 Å². The summed E-state index contributed by atoms with van der Waals surface area (Å²) in [6.45, 7) is 0. The molecule has 0 atom stereocenters. The van der Waals surface area contributed by atoms with Gasteiger partial charge in [0, 0.05) is 5.39 Å². The number of alkyl halides is 3. The van der Waals surface area contributed by atoms with Crippen molar-refractivity contribution in [1.29, 1.82) is 0 Å². The van der Waals surface area contributed by atoms with Gasteiger partial charge >= 0.3 is 15.6 Å². The molecule has 8 heteroatoms. The zero-order valence-electron chi connectivity index (χ0n) is 9.11. The zero-order chi connectivity index (χ0) is 14.3. The Bertz CT molecular complexity index is 726. The number of fused-ring (bicyclic) bond motifs is 1. The lowest BCUT2D eigenvalue weighted by molar-refractivity contribution is -0.0499. The van der Waals surface area contributed by atoms with Crippen molar-refractivity contribution in [1.82, 2.24) is 0 Å². The van der Waals surface area contributed by atoms with Gasteiger partial charge in [-0.05, 0) is 11.5 Å². The van der Waals surface area contributed by atoms with E-state index < -0.39 is 21.4 Å². The van der Waals surface area contributed by atoms with Gasteiger partial charge in [0.2, 0.25) is 0 Å². The van der Waals surface area contributed by atoms with Crippen LogP contribution in [0.4, 0.5) is 13.2 Å². The first-order valence-electron chi connectivity index (χ1n) is 4.90. The maximum atomic E-state index is 12.2. The van der Waals surface area contributed by atoms with Gasteiger partial charge in [0.25, 0.3) is 0 Å². The van der Waals surface area contributed by atoms with Crippen LogP contribution in [0.2, 0.25) is 5.02 Å². The van der Waals surface area contributed by atoms with Gasteiger partial charge in [-0.25, -0.2) is 0 Å². The van der Waals surface area contributed by atoms with Gasteiger partial charge < -0.3 is 4.18 Å². The summed E-state index contributed by atoms with van der Waals surface area (Å²) >= 11 is 5.84. The molecule has 3 nitrogen and oxygen atoms in total. The van der Waals surface area contributed by atoms with Crippen molar-refractivity contribution in [3.63, 3.8) is 0 Å². The largest absolute Gasteiger partial charge is 0.534 e. The Kier molecular flexibility index (Phi) is 3.36. The Balaban J connectivity index is 2.51. The van der Waals surface area contributed by atoms with E-state index in [0.29, 0.717) is 10.8 Å². The first-order chi connectivity index (χ1) is 8.72. The fourth-order valence-electron chi connectivity index (χ4n) is 1.44. The van der Waals surface area contributed by atoms with E-state index in [1.54, 1.807) is 24.3 Å². The van der Waals surface area contributed by atoms with E-state index in [1.165, 1.54) is 6.07 Å². The zero-order valence-corrected chi connectivity index (χ0v) is 10.7. The van der Waals surface area contributed by atoms with Gasteiger partial charge in [-0.15, -0.1) is 0 Å². The standard InChI is InChI=1S/C11H6ClF3O3S/c12-10-8-4-2-1-3-7(8)5-6-9(10)18-19(16,17)11(13,14)15/h1-6H. The van der Waals surface area contributed by atoms with Crippen molar-refractivity contribution in [2.24, 2.45) is 0 Å². The fourth-order valence-corrected chi connectivity index (χ4v) is 2.23. The predicted molar refractivity (Wildman–Crippen MR) is 64.6 cm³/mol. The molecule has 0 saturated heterocycles. The van der Waals surface area contributed by atoms with E-state index >= 15 is 0 Å². The quantitative estimate of drug-likeness (QED) is 0.627. The summed E-state index contributed by atoms with van der Waals surface area (Å²) in [6, 6.07) is 9.06. The van der Waals surface area contributed by atoms with E-state index in [0.717, 1.165) is 6.07 Å². The molecule has 0 amide bonds. The molecule has 0 fully saturated rings. The highest BCUT2D eigenvalue weighted by molar-refractivity contribution is 7.88. The fraction of sp³-hybridized carbons (Fsp3) is 0.0909. The Morgan fingerprint density at radius 2 is 1.68 bits per heavy atom. The minimum absolute atomic E-state index is 0.189. The molecule has 102 valence electrons. The molecule has 0 heterocycles. The smallest absolute Gasteiger partial charge is 0.374 e. The lowest BCUT2D eigenvalue weighted by atomic mass is 10.1. The summed E-state index contributed by atoms with van der Waals surface area (Å²) in [6.07, 6.45) is 0. The second kappa shape index (κ2) is 4.57. The predicted octanol–water partition coefficient (Wildman–Crippen LogP) is 3.72. The number of hydrogen-bond acceptors (Lipinski definition) is 3. The monoisotopic (exact) mass is 310 g/mol. The Hall–Kier alpha value is -1.47. The molecular formula is C11H6ClF3O3S. The molecule has 0 aromatic heterocycles. The summed E-state index contributed by atoms with van der Waals surface area (Å²) in [5.74, 6) is -0.558. The average molecular weight is 311 g/mol. The van der Waals surface area contributed by atoms with E-state index in [1.807, 2.05) is 0 Å². The number of hydrogen-bond donors (Lipinski definition) is 0. The minimum Gasteiger partial charge on any atom is -0.374 e.